The summed E-state index contributed by atoms with van der Waals surface area (Å²) < 4.78 is 7.74. The number of ether oxygens (including phenoxy) is 1. The van der Waals surface area contributed by atoms with Gasteiger partial charge in [0.25, 0.3) is 0 Å². The molecule has 1 aromatic rings. The van der Waals surface area contributed by atoms with Gasteiger partial charge in [-0.3, -0.25) is 4.68 Å². The summed E-state index contributed by atoms with van der Waals surface area (Å²) in [4.78, 5) is 0. The molecule has 3 unspecified atom stereocenters. The Hall–Kier alpha value is -0.910. The van der Waals surface area contributed by atoms with Crippen molar-refractivity contribution in [2.45, 2.75) is 70.2 Å². The minimum Gasteiger partial charge on any atom is -0.394 e. The molecule has 1 aliphatic carbocycles. The van der Waals surface area contributed by atoms with Crippen LogP contribution in [0.25, 0.3) is 0 Å². The first-order chi connectivity index (χ1) is 10.3. The fraction of sp³-hybridized carbons (Fsp3) is 0.812. The first-order valence-corrected chi connectivity index (χ1v) is 8.35. The average molecular weight is 293 g/mol. The summed E-state index contributed by atoms with van der Waals surface area (Å²) in [6.45, 7) is 3.84. The van der Waals surface area contributed by atoms with Crippen molar-refractivity contribution >= 4 is 0 Å². The molecule has 1 saturated heterocycles. The Morgan fingerprint density at radius 1 is 1.48 bits per heavy atom. The van der Waals surface area contributed by atoms with Crippen molar-refractivity contribution in [1.82, 2.24) is 15.1 Å². The Labute approximate surface area is 126 Å². The molecular formula is C16H27N3O2. The molecule has 21 heavy (non-hydrogen) atoms. The molecule has 1 aromatic heterocycles. The molecule has 5 heteroatoms. The quantitative estimate of drug-likeness (QED) is 0.869. The third kappa shape index (κ3) is 3.30. The summed E-state index contributed by atoms with van der Waals surface area (Å²) in [6, 6.07) is 0.975. The van der Waals surface area contributed by atoms with Crippen molar-refractivity contribution in [2.24, 2.45) is 0 Å². The van der Waals surface area contributed by atoms with E-state index in [1.165, 1.54) is 24.1 Å². The molecule has 3 atom stereocenters. The monoisotopic (exact) mass is 293 g/mol. The normalized spacial score (nSPS) is 29.3. The van der Waals surface area contributed by atoms with Gasteiger partial charge in [-0.05, 0) is 38.5 Å². The number of hydrogen-bond donors (Lipinski definition) is 2. The van der Waals surface area contributed by atoms with E-state index >= 15 is 0 Å². The Morgan fingerprint density at radius 2 is 2.38 bits per heavy atom. The zero-order valence-corrected chi connectivity index (χ0v) is 12.9. The van der Waals surface area contributed by atoms with Gasteiger partial charge in [-0.2, -0.15) is 5.10 Å². The van der Waals surface area contributed by atoms with Crippen molar-refractivity contribution < 1.29 is 9.84 Å². The molecule has 2 N–H and O–H groups in total. The predicted octanol–water partition coefficient (Wildman–Crippen LogP) is 1.80. The molecule has 0 saturated carbocycles. The fourth-order valence-electron chi connectivity index (χ4n) is 3.68. The smallest absolute Gasteiger partial charge is 0.0644 e. The lowest BCUT2D eigenvalue weighted by Crippen LogP contribution is -2.41. The van der Waals surface area contributed by atoms with Gasteiger partial charge in [-0.25, -0.2) is 0 Å². The highest BCUT2D eigenvalue weighted by Crippen LogP contribution is 2.31. The van der Waals surface area contributed by atoms with Crippen LogP contribution in [0.5, 0.6) is 0 Å². The van der Waals surface area contributed by atoms with Gasteiger partial charge in [0.1, 0.15) is 0 Å². The van der Waals surface area contributed by atoms with Gasteiger partial charge in [0, 0.05) is 29.9 Å². The molecule has 5 nitrogen and oxygen atoms in total. The molecule has 118 valence electrons. The molecule has 0 amide bonds. The Morgan fingerprint density at radius 3 is 3.19 bits per heavy atom. The molecule has 2 aliphatic rings. The van der Waals surface area contributed by atoms with E-state index in [0.29, 0.717) is 24.7 Å². The number of rotatable bonds is 5. The van der Waals surface area contributed by atoms with Crippen LogP contribution in [0.4, 0.5) is 0 Å². The number of nitrogens with one attached hydrogen (secondary N) is 1. The number of aliphatic hydroxyl groups excluding tert-OH is 1. The van der Waals surface area contributed by atoms with Crippen LogP contribution in [-0.2, 0) is 17.7 Å². The highest BCUT2D eigenvalue weighted by molar-refractivity contribution is 5.25. The van der Waals surface area contributed by atoms with Crippen LogP contribution in [0.1, 0.15) is 56.3 Å². The zero-order chi connectivity index (χ0) is 14.7. The lowest BCUT2D eigenvalue weighted by molar-refractivity contribution is -0.00237. The van der Waals surface area contributed by atoms with Gasteiger partial charge < -0.3 is 15.2 Å². The van der Waals surface area contributed by atoms with Crippen molar-refractivity contribution in [3.05, 3.63) is 17.5 Å². The van der Waals surface area contributed by atoms with Crippen LogP contribution in [0.2, 0.25) is 0 Å². The number of hydrogen-bond acceptors (Lipinski definition) is 4. The van der Waals surface area contributed by atoms with E-state index in [2.05, 4.69) is 17.3 Å². The van der Waals surface area contributed by atoms with E-state index in [0.717, 1.165) is 32.3 Å². The summed E-state index contributed by atoms with van der Waals surface area (Å²) >= 11 is 0. The third-order valence-corrected chi connectivity index (χ3v) is 4.83. The summed E-state index contributed by atoms with van der Waals surface area (Å²) in [7, 11) is 0. The lowest BCUT2D eigenvalue weighted by Gasteiger charge is -2.34. The maximum absolute atomic E-state index is 9.13. The highest BCUT2D eigenvalue weighted by Gasteiger charge is 2.28. The lowest BCUT2D eigenvalue weighted by atomic mass is 9.91. The standard InChI is InChI=1S/C16H27N3O2/c1-2-13-10-12(6-9-21-13)18-15-4-3-5-16-14(15)11-17-19(16)7-8-20/h11-13,15,18,20H,2-10H2,1H3. The van der Waals surface area contributed by atoms with Crippen LogP contribution in [-0.4, -0.2) is 40.2 Å². The summed E-state index contributed by atoms with van der Waals surface area (Å²) in [6.07, 6.45) is 9.20. The first-order valence-electron chi connectivity index (χ1n) is 8.35. The van der Waals surface area contributed by atoms with E-state index in [1.807, 2.05) is 10.9 Å². The molecule has 0 aromatic carbocycles. The van der Waals surface area contributed by atoms with Gasteiger partial charge in [-0.1, -0.05) is 6.92 Å². The minimum atomic E-state index is 0.157. The van der Waals surface area contributed by atoms with E-state index in [4.69, 9.17) is 9.84 Å². The molecule has 3 rings (SSSR count). The molecule has 0 radical (unpaired) electrons. The topological polar surface area (TPSA) is 59.3 Å². The van der Waals surface area contributed by atoms with E-state index < -0.39 is 0 Å². The summed E-state index contributed by atoms with van der Waals surface area (Å²) in [5, 5.41) is 17.4. The van der Waals surface area contributed by atoms with Gasteiger partial charge in [0.15, 0.2) is 0 Å². The van der Waals surface area contributed by atoms with E-state index in [1.54, 1.807) is 0 Å². The molecule has 1 aliphatic heterocycles. The number of nitrogens with zero attached hydrogens (tertiary/aromatic N) is 2. The fourth-order valence-corrected chi connectivity index (χ4v) is 3.68. The zero-order valence-electron chi connectivity index (χ0n) is 12.9. The van der Waals surface area contributed by atoms with Crippen molar-refractivity contribution in [3.8, 4) is 0 Å². The van der Waals surface area contributed by atoms with Crippen LogP contribution in [0, 0.1) is 0 Å². The Kier molecular flexibility index (Phi) is 4.93. The molecular weight excluding hydrogens is 266 g/mol. The second kappa shape index (κ2) is 6.90. The van der Waals surface area contributed by atoms with E-state index in [9.17, 15) is 0 Å². The average Bonchev–Trinajstić information content (AvgIpc) is 2.92. The maximum Gasteiger partial charge on any atom is 0.0644 e. The van der Waals surface area contributed by atoms with Crippen LogP contribution in [0.15, 0.2) is 6.20 Å². The second-order valence-corrected chi connectivity index (χ2v) is 6.23. The van der Waals surface area contributed by atoms with Crippen molar-refractivity contribution in [2.75, 3.05) is 13.2 Å². The van der Waals surface area contributed by atoms with Crippen molar-refractivity contribution in [3.63, 3.8) is 0 Å². The maximum atomic E-state index is 9.13. The molecule has 1 fully saturated rings. The SMILES string of the molecule is CCC1CC(NC2CCCc3c2cnn3CCO)CCO1. The largest absolute Gasteiger partial charge is 0.394 e. The van der Waals surface area contributed by atoms with Gasteiger partial charge in [0.2, 0.25) is 0 Å². The number of aliphatic hydroxyl groups is 1. The second-order valence-electron chi connectivity index (χ2n) is 6.23. The Bertz CT molecular complexity index is 460. The van der Waals surface area contributed by atoms with Crippen LogP contribution >= 0.6 is 0 Å². The highest BCUT2D eigenvalue weighted by atomic mass is 16.5. The summed E-state index contributed by atoms with van der Waals surface area (Å²) in [5.74, 6) is 0. The minimum absolute atomic E-state index is 0.157. The predicted molar refractivity (Wildman–Crippen MR) is 81.2 cm³/mol. The van der Waals surface area contributed by atoms with Gasteiger partial charge in [0.05, 0.1) is 25.5 Å². The molecule has 0 spiro atoms. The van der Waals surface area contributed by atoms with Crippen LogP contribution < -0.4 is 5.32 Å². The van der Waals surface area contributed by atoms with Crippen LogP contribution in [0.3, 0.4) is 0 Å². The molecule has 0 bridgehead atoms. The summed E-state index contributed by atoms with van der Waals surface area (Å²) in [5.41, 5.74) is 2.65. The molecule has 2 heterocycles. The number of fused-ring (bicyclic) bond motifs is 1. The van der Waals surface area contributed by atoms with Gasteiger partial charge >= 0.3 is 0 Å². The van der Waals surface area contributed by atoms with Crippen molar-refractivity contribution in [1.29, 1.82) is 0 Å². The van der Waals surface area contributed by atoms with E-state index in [-0.39, 0.29) is 6.61 Å². The number of aromatic nitrogens is 2. The third-order valence-electron chi connectivity index (χ3n) is 4.83. The Balaban J connectivity index is 1.67. The van der Waals surface area contributed by atoms with Gasteiger partial charge in [-0.15, -0.1) is 0 Å². The first kappa shape index (κ1) is 15.0.